The summed E-state index contributed by atoms with van der Waals surface area (Å²) >= 11 is 0. The van der Waals surface area contributed by atoms with E-state index < -0.39 is 5.60 Å². The first-order chi connectivity index (χ1) is 8.59. The van der Waals surface area contributed by atoms with E-state index in [9.17, 15) is 9.90 Å². The van der Waals surface area contributed by atoms with E-state index in [1.54, 1.807) is 17.9 Å². The molecule has 1 amide bonds. The molecule has 0 radical (unpaired) electrons. The Hall–Kier alpha value is -1.36. The molecule has 18 heavy (non-hydrogen) atoms. The summed E-state index contributed by atoms with van der Waals surface area (Å²) in [6.07, 6.45) is 9.20. The highest BCUT2D eigenvalue weighted by Crippen LogP contribution is 2.26. The van der Waals surface area contributed by atoms with Gasteiger partial charge in [0.15, 0.2) is 0 Å². The molecule has 0 atom stereocenters. The molecule has 1 fully saturated rings. The second-order valence-electron chi connectivity index (χ2n) is 5.22. The molecule has 2 rings (SSSR count). The molecule has 1 aromatic rings. The van der Waals surface area contributed by atoms with Crippen LogP contribution in [0.2, 0.25) is 0 Å². The van der Waals surface area contributed by atoms with Crippen LogP contribution in [-0.2, 0) is 7.05 Å². The molecule has 2 N–H and O–H groups in total. The van der Waals surface area contributed by atoms with Crippen molar-refractivity contribution in [1.82, 2.24) is 15.1 Å². The molecular formula is C13H21N3O2. The number of carbonyl (C=O) groups is 1. The standard InChI is InChI=1S/C13H21N3O2/c1-16-9-11(8-15-16)12(17)14-10-13(18)6-4-2-3-5-7-13/h8-9,18H,2-7,10H2,1H3,(H,14,17). The first-order valence-electron chi connectivity index (χ1n) is 6.58. The number of aryl methyl sites for hydroxylation is 1. The summed E-state index contributed by atoms with van der Waals surface area (Å²) in [6.45, 7) is 0.334. The maximum atomic E-state index is 11.9. The highest BCUT2D eigenvalue weighted by molar-refractivity contribution is 5.93. The summed E-state index contributed by atoms with van der Waals surface area (Å²) in [6, 6.07) is 0. The van der Waals surface area contributed by atoms with Gasteiger partial charge in [0.2, 0.25) is 0 Å². The van der Waals surface area contributed by atoms with Crippen molar-refractivity contribution >= 4 is 5.91 Å². The van der Waals surface area contributed by atoms with Crippen molar-refractivity contribution in [2.45, 2.75) is 44.1 Å². The van der Waals surface area contributed by atoms with Gasteiger partial charge in [-0.3, -0.25) is 9.48 Å². The topological polar surface area (TPSA) is 67.2 Å². The molecule has 0 unspecified atom stereocenters. The van der Waals surface area contributed by atoms with E-state index in [2.05, 4.69) is 10.4 Å². The van der Waals surface area contributed by atoms with Gasteiger partial charge in [-0.1, -0.05) is 25.7 Å². The number of carbonyl (C=O) groups excluding carboxylic acids is 1. The average Bonchev–Trinajstić information content (AvgIpc) is 2.66. The molecule has 5 nitrogen and oxygen atoms in total. The van der Waals surface area contributed by atoms with Gasteiger partial charge >= 0.3 is 0 Å². The van der Waals surface area contributed by atoms with Gasteiger partial charge in [0.05, 0.1) is 17.4 Å². The third kappa shape index (κ3) is 3.32. The summed E-state index contributed by atoms with van der Waals surface area (Å²) in [5, 5.41) is 17.2. The number of aromatic nitrogens is 2. The van der Waals surface area contributed by atoms with E-state index in [1.807, 2.05) is 0 Å². The fraction of sp³-hybridized carbons (Fsp3) is 0.692. The van der Waals surface area contributed by atoms with Crippen LogP contribution in [0, 0.1) is 0 Å². The Morgan fingerprint density at radius 3 is 2.67 bits per heavy atom. The van der Waals surface area contributed by atoms with Crippen molar-refractivity contribution in [3.05, 3.63) is 18.0 Å². The van der Waals surface area contributed by atoms with Gasteiger partial charge in [-0.15, -0.1) is 0 Å². The van der Waals surface area contributed by atoms with E-state index >= 15 is 0 Å². The minimum absolute atomic E-state index is 0.166. The highest BCUT2D eigenvalue weighted by atomic mass is 16.3. The van der Waals surface area contributed by atoms with Crippen LogP contribution >= 0.6 is 0 Å². The molecule has 0 spiro atoms. The van der Waals surface area contributed by atoms with Crippen molar-refractivity contribution in [1.29, 1.82) is 0 Å². The van der Waals surface area contributed by atoms with E-state index in [0.29, 0.717) is 12.1 Å². The Labute approximate surface area is 107 Å². The van der Waals surface area contributed by atoms with Gasteiger partial charge in [-0.2, -0.15) is 5.10 Å². The predicted octanol–water partition coefficient (Wildman–Crippen LogP) is 1.24. The lowest BCUT2D eigenvalue weighted by Crippen LogP contribution is -2.42. The maximum absolute atomic E-state index is 11.9. The predicted molar refractivity (Wildman–Crippen MR) is 68.2 cm³/mol. The van der Waals surface area contributed by atoms with Gasteiger partial charge in [0, 0.05) is 19.8 Å². The van der Waals surface area contributed by atoms with Crippen molar-refractivity contribution in [3.8, 4) is 0 Å². The molecule has 0 aromatic carbocycles. The normalized spacial score (nSPS) is 19.2. The minimum atomic E-state index is -0.728. The van der Waals surface area contributed by atoms with Crippen molar-refractivity contribution < 1.29 is 9.90 Å². The number of rotatable bonds is 3. The van der Waals surface area contributed by atoms with Crippen LogP contribution in [0.15, 0.2) is 12.4 Å². The lowest BCUT2D eigenvalue weighted by Gasteiger charge is -2.26. The lowest BCUT2D eigenvalue weighted by molar-refractivity contribution is 0.0246. The zero-order valence-corrected chi connectivity index (χ0v) is 10.9. The monoisotopic (exact) mass is 251 g/mol. The Morgan fingerprint density at radius 2 is 2.11 bits per heavy atom. The summed E-state index contributed by atoms with van der Waals surface area (Å²) in [5.41, 5.74) is -0.191. The Kier molecular flexibility index (Phi) is 4.01. The molecule has 0 saturated heterocycles. The van der Waals surface area contributed by atoms with Crippen LogP contribution in [-0.4, -0.2) is 32.9 Å². The van der Waals surface area contributed by atoms with Crippen LogP contribution in [0.3, 0.4) is 0 Å². The quantitative estimate of drug-likeness (QED) is 0.794. The Morgan fingerprint density at radius 1 is 1.44 bits per heavy atom. The lowest BCUT2D eigenvalue weighted by atomic mass is 9.94. The van der Waals surface area contributed by atoms with Gasteiger partial charge in [-0.05, 0) is 12.8 Å². The summed E-state index contributed by atoms with van der Waals surface area (Å²) in [4.78, 5) is 11.9. The first-order valence-corrected chi connectivity index (χ1v) is 6.58. The maximum Gasteiger partial charge on any atom is 0.254 e. The van der Waals surface area contributed by atoms with Crippen LogP contribution in [0.25, 0.3) is 0 Å². The number of nitrogens with one attached hydrogen (secondary N) is 1. The number of nitrogens with zero attached hydrogens (tertiary/aromatic N) is 2. The smallest absolute Gasteiger partial charge is 0.254 e. The van der Waals surface area contributed by atoms with E-state index in [1.165, 1.54) is 19.0 Å². The molecule has 1 aliphatic rings. The zero-order chi connectivity index (χ0) is 13.0. The first kappa shape index (κ1) is 13.1. The molecule has 0 bridgehead atoms. The van der Waals surface area contributed by atoms with E-state index in [0.717, 1.165) is 25.7 Å². The third-order valence-electron chi connectivity index (χ3n) is 3.58. The van der Waals surface area contributed by atoms with Gasteiger partial charge in [0.25, 0.3) is 5.91 Å². The number of aliphatic hydroxyl groups is 1. The number of amides is 1. The summed E-state index contributed by atoms with van der Waals surface area (Å²) in [7, 11) is 1.77. The average molecular weight is 251 g/mol. The van der Waals surface area contributed by atoms with E-state index in [4.69, 9.17) is 0 Å². The number of hydrogen-bond acceptors (Lipinski definition) is 3. The van der Waals surface area contributed by atoms with Crippen LogP contribution in [0.5, 0.6) is 0 Å². The molecule has 1 heterocycles. The SMILES string of the molecule is Cn1cc(C(=O)NCC2(O)CCCCCC2)cn1. The highest BCUT2D eigenvalue weighted by Gasteiger charge is 2.28. The van der Waals surface area contributed by atoms with Crippen molar-refractivity contribution in [2.24, 2.45) is 7.05 Å². The van der Waals surface area contributed by atoms with Crippen molar-refractivity contribution in [3.63, 3.8) is 0 Å². The minimum Gasteiger partial charge on any atom is -0.388 e. The fourth-order valence-electron chi connectivity index (χ4n) is 2.45. The molecule has 1 aliphatic carbocycles. The summed E-state index contributed by atoms with van der Waals surface area (Å²) in [5.74, 6) is -0.166. The fourth-order valence-corrected chi connectivity index (χ4v) is 2.45. The van der Waals surface area contributed by atoms with Gasteiger partial charge < -0.3 is 10.4 Å². The largest absolute Gasteiger partial charge is 0.388 e. The molecule has 1 aromatic heterocycles. The molecular weight excluding hydrogens is 230 g/mol. The second kappa shape index (κ2) is 5.52. The van der Waals surface area contributed by atoms with Crippen LogP contribution < -0.4 is 5.32 Å². The molecule has 100 valence electrons. The molecule has 5 heteroatoms. The Balaban J connectivity index is 1.88. The Bertz CT molecular complexity index is 406. The van der Waals surface area contributed by atoms with Crippen LogP contribution in [0.4, 0.5) is 0 Å². The summed E-state index contributed by atoms with van der Waals surface area (Å²) < 4.78 is 1.59. The van der Waals surface area contributed by atoms with Gasteiger partial charge in [-0.25, -0.2) is 0 Å². The van der Waals surface area contributed by atoms with E-state index in [-0.39, 0.29) is 5.91 Å². The zero-order valence-electron chi connectivity index (χ0n) is 10.9. The molecule has 0 aliphatic heterocycles. The molecule has 1 saturated carbocycles. The van der Waals surface area contributed by atoms with Gasteiger partial charge in [0.1, 0.15) is 0 Å². The van der Waals surface area contributed by atoms with Crippen LogP contribution in [0.1, 0.15) is 48.9 Å². The second-order valence-corrected chi connectivity index (χ2v) is 5.22. The number of hydrogen-bond donors (Lipinski definition) is 2. The third-order valence-corrected chi connectivity index (χ3v) is 3.58. The van der Waals surface area contributed by atoms with Crippen molar-refractivity contribution in [2.75, 3.05) is 6.54 Å².